The topological polar surface area (TPSA) is 130 Å². The molecule has 0 heterocycles. The van der Waals surface area contributed by atoms with Gasteiger partial charge in [-0.1, -0.05) is 32.9 Å². The molecule has 8 nitrogen and oxygen atoms in total. The molecule has 0 spiro atoms. The summed E-state index contributed by atoms with van der Waals surface area (Å²) in [6.45, 7) is 9.43. The Bertz CT molecular complexity index is 963. The van der Waals surface area contributed by atoms with Crippen LogP contribution in [0.4, 0.5) is 0 Å². The first kappa shape index (κ1) is 23.1. The van der Waals surface area contributed by atoms with E-state index in [2.05, 4.69) is 0 Å². The van der Waals surface area contributed by atoms with E-state index < -0.39 is 69.7 Å². The maximum Gasteiger partial charge on any atom is 0.303 e. The summed E-state index contributed by atoms with van der Waals surface area (Å²) in [7, 11) is 0. The average molecular weight is 449 g/mol. The molecule has 4 aliphatic carbocycles. The van der Waals surface area contributed by atoms with E-state index in [4.69, 9.17) is 9.47 Å². The molecule has 3 N–H and O–H groups in total. The van der Waals surface area contributed by atoms with Crippen LogP contribution in [0.5, 0.6) is 0 Å². The van der Waals surface area contributed by atoms with Crippen LogP contribution in [0.1, 0.15) is 48.0 Å². The lowest BCUT2D eigenvalue weighted by Gasteiger charge is -2.52. The van der Waals surface area contributed by atoms with Gasteiger partial charge in [-0.25, -0.2) is 0 Å². The second kappa shape index (κ2) is 6.74. The lowest BCUT2D eigenvalue weighted by Crippen LogP contribution is -2.65. The molecule has 1 unspecified atom stereocenters. The number of aliphatic hydroxyl groups excluding tert-OH is 1. The fourth-order valence-electron chi connectivity index (χ4n) is 7.09. The van der Waals surface area contributed by atoms with E-state index >= 15 is 0 Å². The predicted molar refractivity (Wildman–Crippen MR) is 112 cm³/mol. The van der Waals surface area contributed by atoms with E-state index in [0.29, 0.717) is 11.1 Å². The van der Waals surface area contributed by atoms with Gasteiger partial charge in [0.1, 0.15) is 17.8 Å². The van der Waals surface area contributed by atoms with Gasteiger partial charge in [-0.3, -0.25) is 14.4 Å². The number of hydrogen-bond acceptors (Lipinski definition) is 8. The van der Waals surface area contributed by atoms with Crippen molar-refractivity contribution in [3.63, 3.8) is 0 Å². The van der Waals surface area contributed by atoms with E-state index in [1.165, 1.54) is 13.8 Å². The quantitative estimate of drug-likeness (QED) is 0.432. The van der Waals surface area contributed by atoms with Gasteiger partial charge in [0.25, 0.3) is 0 Å². The van der Waals surface area contributed by atoms with Gasteiger partial charge in [-0.2, -0.15) is 0 Å². The van der Waals surface area contributed by atoms with Crippen LogP contribution < -0.4 is 0 Å². The fraction of sp³-hybridized carbons (Fsp3) is 0.708. The molecule has 8 atom stereocenters. The molecule has 0 bridgehead atoms. The van der Waals surface area contributed by atoms with Crippen LogP contribution in [0, 0.1) is 29.1 Å². The second-order valence-electron chi connectivity index (χ2n) is 10.6. The minimum absolute atomic E-state index is 0.104. The highest BCUT2D eigenvalue weighted by molar-refractivity contribution is 6.04. The molecule has 4 rings (SSSR count). The highest BCUT2D eigenvalue weighted by atomic mass is 16.6. The van der Waals surface area contributed by atoms with E-state index in [1.54, 1.807) is 26.0 Å². The number of rotatable bonds is 3. The molecular weight excluding hydrogens is 416 g/mol. The summed E-state index contributed by atoms with van der Waals surface area (Å²) in [5, 5.41) is 35.2. The summed E-state index contributed by atoms with van der Waals surface area (Å²) >= 11 is 0. The number of carbonyl (C=O) groups excluding carboxylic acids is 3. The number of fused-ring (bicyclic) bond motifs is 5. The van der Waals surface area contributed by atoms with Crippen molar-refractivity contribution in [2.45, 2.75) is 70.9 Å². The van der Waals surface area contributed by atoms with E-state index in [9.17, 15) is 29.7 Å². The van der Waals surface area contributed by atoms with Crippen molar-refractivity contribution in [3.05, 3.63) is 23.3 Å². The van der Waals surface area contributed by atoms with Crippen molar-refractivity contribution in [2.75, 3.05) is 6.61 Å². The molecule has 0 aromatic carbocycles. The van der Waals surface area contributed by atoms with Crippen LogP contribution in [0.3, 0.4) is 0 Å². The third-order valence-electron chi connectivity index (χ3n) is 8.56. The number of esters is 2. The van der Waals surface area contributed by atoms with Crippen LogP contribution >= 0.6 is 0 Å². The first-order chi connectivity index (χ1) is 14.7. The fourth-order valence-corrected chi connectivity index (χ4v) is 7.09. The number of ether oxygens (including phenoxy) is 2. The summed E-state index contributed by atoms with van der Waals surface area (Å²) in [4.78, 5) is 36.5. The standard InChI is InChI=1S/C24H32O8/c1-11-7-17-22(29,19(11)27)9-15(10-31-13(3)25)8-16-18-21(5,6)24(18,32-14(4)26)20(28)12(2)23(16,17)30/h7-8,12,16-18,20,28-30H,9-10H2,1-6H3/t12-,16+,17-,18?,20-,22-,23-,24-/m1/s1. The van der Waals surface area contributed by atoms with Crippen LogP contribution in [-0.4, -0.2) is 62.6 Å². The third kappa shape index (κ3) is 2.63. The van der Waals surface area contributed by atoms with Crippen molar-refractivity contribution in [3.8, 4) is 0 Å². The molecular formula is C24H32O8. The summed E-state index contributed by atoms with van der Waals surface area (Å²) in [6.07, 6.45) is 2.04. The average Bonchev–Trinajstić information content (AvgIpc) is 3.11. The Hall–Kier alpha value is -2.03. The lowest BCUT2D eigenvalue weighted by molar-refractivity contribution is -0.218. The maximum atomic E-state index is 13.0. The van der Waals surface area contributed by atoms with E-state index in [-0.39, 0.29) is 13.0 Å². The first-order valence-electron chi connectivity index (χ1n) is 11.0. The second-order valence-corrected chi connectivity index (χ2v) is 10.6. The summed E-state index contributed by atoms with van der Waals surface area (Å²) in [5.41, 5.74) is -4.65. The molecule has 0 aromatic rings. The maximum absolute atomic E-state index is 13.0. The molecule has 0 aliphatic heterocycles. The van der Waals surface area contributed by atoms with Crippen LogP contribution in [0.15, 0.2) is 23.3 Å². The van der Waals surface area contributed by atoms with Crippen molar-refractivity contribution in [1.29, 1.82) is 0 Å². The molecule has 32 heavy (non-hydrogen) atoms. The third-order valence-corrected chi connectivity index (χ3v) is 8.56. The minimum atomic E-state index is -1.92. The van der Waals surface area contributed by atoms with Crippen LogP contribution in [0.25, 0.3) is 0 Å². The van der Waals surface area contributed by atoms with Crippen molar-refractivity contribution in [1.82, 2.24) is 0 Å². The molecule has 0 aromatic heterocycles. The number of aliphatic hydroxyl groups is 3. The molecule has 8 heteroatoms. The molecule has 2 fully saturated rings. The van der Waals surface area contributed by atoms with Crippen LogP contribution in [-0.2, 0) is 23.9 Å². The molecule has 2 saturated carbocycles. The lowest BCUT2D eigenvalue weighted by atomic mass is 9.59. The SMILES string of the molecule is CC(=O)OCC1=C[C@H]2C3C(C)(C)[C@]3(OC(C)=O)[C@H](O)[C@@H](C)[C@]2(O)[C@@H]2C=C(C)C(=O)[C@@]2(O)C1. The Morgan fingerprint density at radius 1 is 1.16 bits per heavy atom. The van der Waals surface area contributed by atoms with Crippen molar-refractivity contribution < 1.29 is 39.2 Å². The largest absolute Gasteiger partial charge is 0.461 e. The van der Waals surface area contributed by atoms with E-state index in [0.717, 1.165) is 0 Å². The zero-order chi connectivity index (χ0) is 24.0. The summed E-state index contributed by atoms with van der Waals surface area (Å²) < 4.78 is 10.9. The predicted octanol–water partition coefficient (Wildman–Crippen LogP) is 1.07. The number of carbonyl (C=O) groups is 3. The molecule has 0 saturated heterocycles. The minimum Gasteiger partial charge on any atom is -0.461 e. The Labute approximate surface area is 187 Å². The van der Waals surface area contributed by atoms with Gasteiger partial charge >= 0.3 is 11.9 Å². The van der Waals surface area contributed by atoms with Crippen molar-refractivity contribution in [2.24, 2.45) is 29.1 Å². The molecule has 176 valence electrons. The van der Waals surface area contributed by atoms with Gasteiger partial charge in [0.05, 0.1) is 11.7 Å². The molecule has 4 aliphatic rings. The van der Waals surface area contributed by atoms with Gasteiger partial charge < -0.3 is 24.8 Å². The normalized spacial score (nSPS) is 46.0. The zero-order valence-electron chi connectivity index (χ0n) is 19.3. The number of hydrogen-bond donors (Lipinski definition) is 3. The monoisotopic (exact) mass is 448 g/mol. The van der Waals surface area contributed by atoms with Gasteiger partial charge in [-0.05, 0) is 18.1 Å². The molecule has 0 amide bonds. The first-order valence-corrected chi connectivity index (χ1v) is 11.0. The highest BCUT2D eigenvalue weighted by Crippen LogP contribution is 2.76. The summed E-state index contributed by atoms with van der Waals surface area (Å²) in [5.74, 6) is -4.45. The summed E-state index contributed by atoms with van der Waals surface area (Å²) in [6, 6.07) is 0. The van der Waals surface area contributed by atoms with Gasteiger partial charge in [-0.15, -0.1) is 0 Å². The zero-order valence-corrected chi connectivity index (χ0v) is 19.3. The molecule has 0 radical (unpaired) electrons. The van der Waals surface area contributed by atoms with E-state index in [1.807, 2.05) is 13.8 Å². The Kier molecular flexibility index (Phi) is 4.88. The Morgan fingerprint density at radius 3 is 2.34 bits per heavy atom. The smallest absolute Gasteiger partial charge is 0.303 e. The number of ketones is 1. The Balaban J connectivity index is 1.91. The van der Waals surface area contributed by atoms with Gasteiger partial charge in [0.15, 0.2) is 5.78 Å². The van der Waals surface area contributed by atoms with Crippen molar-refractivity contribution >= 4 is 17.7 Å². The van der Waals surface area contributed by atoms with Crippen LogP contribution in [0.2, 0.25) is 0 Å². The highest BCUT2D eigenvalue weighted by Gasteiger charge is 2.86. The number of Topliss-reactive ketones (excluding diaryl/α,β-unsaturated/α-hetero) is 1. The Morgan fingerprint density at radius 2 is 1.78 bits per heavy atom. The van der Waals surface area contributed by atoms with Gasteiger partial charge in [0, 0.05) is 49.4 Å². The van der Waals surface area contributed by atoms with Gasteiger partial charge in [0.2, 0.25) is 0 Å².